The fourth-order valence-corrected chi connectivity index (χ4v) is 1.87. The molecule has 2 rings (SSSR count). The normalized spacial score (nSPS) is 10.5. The summed E-state index contributed by atoms with van der Waals surface area (Å²) in [7, 11) is 0. The first-order valence-corrected chi connectivity index (χ1v) is 5.91. The van der Waals surface area contributed by atoms with Gasteiger partial charge in [0.15, 0.2) is 6.61 Å². The highest BCUT2D eigenvalue weighted by Gasteiger charge is 2.08. The van der Waals surface area contributed by atoms with Crippen molar-refractivity contribution in [3.63, 3.8) is 0 Å². The molecule has 6 heteroatoms. The third-order valence-electron chi connectivity index (χ3n) is 2.14. The number of halogens is 1. The second kappa shape index (κ2) is 5.18. The molecule has 0 aliphatic rings. The van der Waals surface area contributed by atoms with Crippen molar-refractivity contribution in [1.82, 2.24) is 10.2 Å². The van der Waals surface area contributed by atoms with Crippen molar-refractivity contribution in [2.75, 3.05) is 13.2 Å². The SMILES string of the molecule is CCOC(=O)COc1cc2[nH]ncc2cc1Br. The molecule has 0 atom stereocenters. The average Bonchev–Trinajstić information content (AvgIpc) is 2.73. The molecule has 0 amide bonds. The van der Waals surface area contributed by atoms with Gasteiger partial charge in [0.25, 0.3) is 0 Å². The highest BCUT2D eigenvalue weighted by Crippen LogP contribution is 2.29. The van der Waals surface area contributed by atoms with Crippen molar-refractivity contribution < 1.29 is 14.3 Å². The van der Waals surface area contributed by atoms with E-state index in [1.807, 2.05) is 6.07 Å². The molecule has 1 aromatic heterocycles. The molecule has 17 heavy (non-hydrogen) atoms. The Balaban J connectivity index is 2.12. The first kappa shape index (κ1) is 11.9. The van der Waals surface area contributed by atoms with Gasteiger partial charge in [-0.05, 0) is 28.9 Å². The van der Waals surface area contributed by atoms with Gasteiger partial charge in [-0.2, -0.15) is 5.10 Å². The molecule has 0 radical (unpaired) electrons. The molecular weight excluding hydrogens is 288 g/mol. The van der Waals surface area contributed by atoms with Crippen LogP contribution in [0.5, 0.6) is 5.75 Å². The molecule has 1 heterocycles. The van der Waals surface area contributed by atoms with E-state index in [0.717, 1.165) is 15.4 Å². The number of carbonyl (C=O) groups is 1. The molecule has 2 aromatic rings. The van der Waals surface area contributed by atoms with Gasteiger partial charge in [0.1, 0.15) is 5.75 Å². The molecular formula is C11H11BrN2O3. The van der Waals surface area contributed by atoms with Crippen molar-refractivity contribution in [3.05, 3.63) is 22.8 Å². The molecule has 0 fully saturated rings. The average molecular weight is 299 g/mol. The summed E-state index contributed by atoms with van der Waals surface area (Å²) in [5.41, 5.74) is 0.854. The number of aromatic nitrogens is 2. The van der Waals surface area contributed by atoms with E-state index in [4.69, 9.17) is 9.47 Å². The Morgan fingerprint density at radius 1 is 1.53 bits per heavy atom. The highest BCUT2D eigenvalue weighted by atomic mass is 79.9. The van der Waals surface area contributed by atoms with Crippen LogP contribution >= 0.6 is 15.9 Å². The van der Waals surface area contributed by atoms with E-state index in [1.54, 1.807) is 19.2 Å². The van der Waals surface area contributed by atoms with Crippen molar-refractivity contribution in [2.45, 2.75) is 6.92 Å². The van der Waals surface area contributed by atoms with Crippen LogP contribution in [0.4, 0.5) is 0 Å². The maximum absolute atomic E-state index is 11.2. The molecule has 1 N–H and O–H groups in total. The Morgan fingerprint density at radius 3 is 3.12 bits per heavy atom. The number of H-pyrrole nitrogens is 1. The molecule has 5 nitrogen and oxygen atoms in total. The maximum atomic E-state index is 11.2. The lowest BCUT2D eigenvalue weighted by Gasteiger charge is -2.07. The van der Waals surface area contributed by atoms with Crippen molar-refractivity contribution in [3.8, 4) is 5.75 Å². The Hall–Kier alpha value is -1.56. The Kier molecular flexibility index (Phi) is 3.63. The quantitative estimate of drug-likeness (QED) is 0.880. The van der Waals surface area contributed by atoms with Crippen molar-refractivity contribution in [2.24, 2.45) is 0 Å². The summed E-state index contributed by atoms with van der Waals surface area (Å²) < 4.78 is 10.9. The fourth-order valence-electron chi connectivity index (χ4n) is 1.39. The van der Waals surface area contributed by atoms with E-state index in [2.05, 4.69) is 26.1 Å². The van der Waals surface area contributed by atoms with E-state index in [0.29, 0.717) is 12.4 Å². The lowest BCUT2D eigenvalue weighted by Crippen LogP contribution is -2.14. The number of esters is 1. The van der Waals surface area contributed by atoms with Gasteiger partial charge < -0.3 is 9.47 Å². The van der Waals surface area contributed by atoms with Gasteiger partial charge in [-0.25, -0.2) is 4.79 Å². The van der Waals surface area contributed by atoms with Crippen LogP contribution in [-0.2, 0) is 9.53 Å². The lowest BCUT2D eigenvalue weighted by atomic mass is 10.2. The van der Waals surface area contributed by atoms with Gasteiger partial charge in [0.05, 0.1) is 22.8 Å². The number of benzene rings is 1. The largest absolute Gasteiger partial charge is 0.481 e. The molecule has 0 saturated heterocycles. The molecule has 1 aromatic carbocycles. The van der Waals surface area contributed by atoms with Crippen LogP contribution in [0.1, 0.15) is 6.92 Å². The van der Waals surface area contributed by atoms with Crippen molar-refractivity contribution in [1.29, 1.82) is 0 Å². The summed E-state index contributed by atoms with van der Waals surface area (Å²) in [5, 5.41) is 7.72. The number of fused-ring (bicyclic) bond motifs is 1. The van der Waals surface area contributed by atoms with Gasteiger partial charge in [0.2, 0.25) is 0 Å². The van der Waals surface area contributed by atoms with E-state index >= 15 is 0 Å². The first-order chi connectivity index (χ1) is 8.20. The number of carbonyl (C=O) groups excluding carboxylic acids is 1. The molecule has 0 aliphatic heterocycles. The van der Waals surface area contributed by atoms with Gasteiger partial charge in [0, 0.05) is 11.5 Å². The number of aromatic amines is 1. The summed E-state index contributed by atoms with van der Waals surface area (Å²) in [6.45, 7) is 2.00. The van der Waals surface area contributed by atoms with E-state index < -0.39 is 0 Å². The third kappa shape index (κ3) is 2.76. The van der Waals surface area contributed by atoms with Crippen LogP contribution in [0.25, 0.3) is 10.9 Å². The molecule has 0 aliphatic carbocycles. The second-order valence-corrected chi connectivity index (χ2v) is 4.19. The predicted octanol–water partition coefficient (Wildman–Crippen LogP) is 2.27. The topological polar surface area (TPSA) is 64.2 Å². The standard InChI is InChI=1S/C11H11BrN2O3/c1-2-16-11(15)6-17-10-4-9-7(3-8(10)12)5-13-14-9/h3-5H,2,6H2,1H3,(H,13,14). The number of hydrogen-bond donors (Lipinski definition) is 1. The zero-order chi connectivity index (χ0) is 12.3. The summed E-state index contributed by atoms with van der Waals surface area (Å²) in [5.74, 6) is 0.193. The second-order valence-electron chi connectivity index (χ2n) is 3.33. The van der Waals surface area contributed by atoms with Crippen LogP contribution in [0, 0.1) is 0 Å². The lowest BCUT2D eigenvalue weighted by molar-refractivity contribution is -0.145. The van der Waals surface area contributed by atoms with E-state index in [9.17, 15) is 4.79 Å². The first-order valence-electron chi connectivity index (χ1n) is 5.11. The van der Waals surface area contributed by atoms with Gasteiger partial charge in [-0.15, -0.1) is 0 Å². The Morgan fingerprint density at radius 2 is 2.35 bits per heavy atom. The summed E-state index contributed by atoms with van der Waals surface area (Å²) in [4.78, 5) is 11.2. The third-order valence-corrected chi connectivity index (χ3v) is 2.76. The summed E-state index contributed by atoms with van der Waals surface area (Å²) in [6, 6.07) is 3.66. The molecule has 0 unspecified atom stereocenters. The minimum Gasteiger partial charge on any atom is -0.481 e. The Bertz CT molecular complexity index is 538. The minimum absolute atomic E-state index is 0.105. The van der Waals surface area contributed by atoms with Crippen LogP contribution in [0.2, 0.25) is 0 Å². The fraction of sp³-hybridized carbons (Fsp3) is 0.273. The highest BCUT2D eigenvalue weighted by molar-refractivity contribution is 9.10. The zero-order valence-electron chi connectivity index (χ0n) is 9.20. The number of hydrogen-bond acceptors (Lipinski definition) is 4. The number of rotatable bonds is 4. The number of nitrogens with zero attached hydrogens (tertiary/aromatic N) is 1. The van der Waals surface area contributed by atoms with Gasteiger partial charge >= 0.3 is 5.97 Å². The monoisotopic (exact) mass is 298 g/mol. The van der Waals surface area contributed by atoms with Gasteiger partial charge in [-0.1, -0.05) is 0 Å². The minimum atomic E-state index is -0.385. The van der Waals surface area contributed by atoms with Crippen LogP contribution in [0.3, 0.4) is 0 Å². The molecule has 0 bridgehead atoms. The van der Waals surface area contributed by atoms with E-state index in [-0.39, 0.29) is 12.6 Å². The smallest absolute Gasteiger partial charge is 0.344 e. The van der Waals surface area contributed by atoms with Crippen molar-refractivity contribution >= 4 is 32.8 Å². The predicted molar refractivity (Wildman–Crippen MR) is 65.9 cm³/mol. The molecule has 90 valence electrons. The maximum Gasteiger partial charge on any atom is 0.344 e. The van der Waals surface area contributed by atoms with Crippen LogP contribution < -0.4 is 4.74 Å². The molecule has 0 spiro atoms. The van der Waals surface area contributed by atoms with Crippen LogP contribution in [0.15, 0.2) is 22.8 Å². The Labute approximate surface area is 106 Å². The number of nitrogens with one attached hydrogen (secondary N) is 1. The van der Waals surface area contributed by atoms with Gasteiger partial charge in [-0.3, -0.25) is 5.10 Å². The zero-order valence-corrected chi connectivity index (χ0v) is 10.8. The summed E-state index contributed by atoms with van der Waals surface area (Å²) in [6.07, 6.45) is 1.72. The van der Waals surface area contributed by atoms with Crippen LogP contribution in [-0.4, -0.2) is 29.4 Å². The summed E-state index contributed by atoms with van der Waals surface area (Å²) >= 11 is 3.37. The van der Waals surface area contributed by atoms with E-state index in [1.165, 1.54) is 0 Å². The number of ether oxygens (including phenoxy) is 2. The molecule has 0 saturated carbocycles.